The minimum absolute atomic E-state index is 0.643. The highest BCUT2D eigenvalue weighted by Gasteiger charge is 1.96. The fourth-order valence-electron chi connectivity index (χ4n) is 1.65. The van der Waals surface area contributed by atoms with Gasteiger partial charge >= 0.3 is 0 Å². The summed E-state index contributed by atoms with van der Waals surface area (Å²) < 4.78 is 5.63. The Kier molecular flexibility index (Phi) is 4.36. The molecule has 92 valence electrons. The number of amides is 1. The van der Waals surface area contributed by atoms with Gasteiger partial charge in [0.1, 0.15) is 5.75 Å². The van der Waals surface area contributed by atoms with Crippen molar-refractivity contribution in [3.8, 4) is 5.75 Å². The van der Waals surface area contributed by atoms with Gasteiger partial charge in [-0.3, -0.25) is 4.79 Å². The number of nitrogens with one attached hydrogen (secondary N) is 1. The van der Waals surface area contributed by atoms with Crippen molar-refractivity contribution in [2.24, 2.45) is 0 Å². The van der Waals surface area contributed by atoms with Crippen molar-refractivity contribution in [2.75, 3.05) is 11.9 Å². The van der Waals surface area contributed by atoms with Crippen molar-refractivity contribution < 1.29 is 9.53 Å². The van der Waals surface area contributed by atoms with Gasteiger partial charge in [0, 0.05) is 12.1 Å². The first-order chi connectivity index (χ1) is 8.88. The number of hydrogen-bond donors (Lipinski definition) is 1. The van der Waals surface area contributed by atoms with E-state index in [2.05, 4.69) is 17.4 Å². The molecule has 1 amide bonds. The van der Waals surface area contributed by atoms with Crippen LogP contribution in [-0.4, -0.2) is 13.0 Å². The lowest BCUT2D eigenvalue weighted by Crippen LogP contribution is -2.01. The van der Waals surface area contributed by atoms with E-state index >= 15 is 0 Å². The van der Waals surface area contributed by atoms with Gasteiger partial charge in [0.25, 0.3) is 0 Å². The molecule has 0 spiro atoms. The molecule has 0 radical (unpaired) electrons. The summed E-state index contributed by atoms with van der Waals surface area (Å²) in [5.74, 6) is 0.808. The molecule has 0 atom stereocenters. The lowest BCUT2D eigenvalue weighted by Gasteiger charge is -2.07. The predicted molar refractivity (Wildman–Crippen MR) is 71.8 cm³/mol. The van der Waals surface area contributed by atoms with E-state index in [9.17, 15) is 4.79 Å². The second-order valence-electron chi connectivity index (χ2n) is 3.87. The zero-order valence-corrected chi connectivity index (χ0v) is 10.0. The first-order valence-electron chi connectivity index (χ1n) is 5.85. The molecule has 2 aromatic rings. The van der Waals surface area contributed by atoms with Crippen LogP contribution in [-0.2, 0) is 11.2 Å². The minimum atomic E-state index is 0.643. The SMILES string of the molecule is O=CNc1ccc(OCCc2ccccc2)cc1. The van der Waals surface area contributed by atoms with Crippen LogP contribution in [0.2, 0.25) is 0 Å². The molecule has 2 aromatic carbocycles. The van der Waals surface area contributed by atoms with Crippen LogP contribution in [0.3, 0.4) is 0 Å². The van der Waals surface area contributed by atoms with Crippen LogP contribution in [0.25, 0.3) is 0 Å². The molecule has 1 N–H and O–H groups in total. The van der Waals surface area contributed by atoms with Gasteiger partial charge in [0.2, 0.25) is 6.41 Å². The summed E-state index contributed by atoms with van der Waals surface area (Å²) in [4.78, 5) is 10.2. The summed E-state index contributed by atoms with van der Waals surface area (Å²) >= 11 is 0. The topological polar surface area (TPSA) is 38.3 Å². The van der Waals surface area contributed by atoms with E-state index in [1.165, 1.54) is 5.56 Å². The number of rotatable bonds is 6. The van der Waals surface area contributed by atoms with Gasteiger partial charge in [-0.05, 0) is 29.8 Å². The van der Waals surface area contributed by atoms with E-state index in [1.807, 2.05) is 42.5 Å². The molecule has 3 heteroatoms. The first kappa shape index (κ1) is 12.2. The fraction of sp³-hybridized carbons (Fsp3) is 0.133. The Morgan fingerprint density at radius 1 is 1.00 bits per heavy atom. The number of hydrogen-bond acceptors (Lipinski definition) is 2. The van der Waals surface area contributed by atoms with Gasteiger partial charge in [-0.15, -0.1) is 0 Å². The predicted octanol–water partition coefficient (Wildman–Crippen LogP) is 2.88. The van der Waals surface area contributed by atoms with Crippen LogP contribution in [0.15, 0.2) is 54.6 Å². The Balaban J connectivity index is 1.81. The van der Waals surface area contributed by atoms with E-state index in [0.717, 1.165) is 17.9 Å². The molecule has 0 fully saturated rings. The quantitative estimate of drug-likeness (QED) is 0.790. The maximum absolute atomic E-state index is 10.2. The molecule has 0 aliphatic carbocycles. The average molecular weight is 241 g/mol. The van der Waals surface area contributed by atoms with Crippen molar-refractivity contribution in [2.45, 2.75) is 6.42 Å². The number of benzene rings is 2. The number of carbonyl (C=O) groups is 1. The van der Waals surface area contributed by atoms with Gasteiger partial charge in [0.05, 0.1) is 6.61 Å². The Hall–Kier alpha value is -2.29. The second kappa shape index (κ2) is 6.45. The third-order valence-electron chi connectivity index (χ3n) is 2.58. The molecule has 0 saturated heterocycles. The second-order valence-corrected chi connectivity index (χ2v) is 3.87. The Labute approximate surface area is 106 Å². The molecule has 0 bridgehead atoms. The molecular formula is C15H15NO2. The van der Waals surface area contributed by atoms with Crippen LogP contribution in [0.5, 0.6) is 5.75 Å². The van der Waals surface area contributed by atoms with Gasteiger partial charge in [-0.2, -0.15) is 0 Å². The van der Waals surface area contributed by atoms with Crippen LogP contribution in [0.1, 0.15) is 5.56 Å². The summed E-state index contributed by atoms with van der Waals surface area (Å²) in [6.07, 6.45) is 1.54. The molecule has 0 heterocycles. The van der Waals surface area contributed by atoms with Crippen molar-refractivity contribution >= 4 is 12.1 Å². The van der Waals surface area contributed by atoms with E-state index < -0.39 is 0 Å². The highest BCUT2D eigenvalue weighted by atomic mass is 16.5. The van der Waals surface area contributed by atoms with Gasteiger partial charge in [-0.1, -0.05) is 30.3 Å². The standard InChI is InChI=1S/C15H15NO2/c17-12-16-14-6-8-15(9-7-14)18-11-10-13-4-2-1-3-5-13/h1-9,12H,10-11H2,(H,16,17). The smallest absolute Gasteiger partial charge is 0.211 e. The third-order valence-corrected chi connectivity index (χ3v) is 2.58. The van der Waals surface area contributed by atoms with Crippen LogP contribution < -0.4 is 10.1 Å². The lowest BCUT2D eigenvalue weighted by molar-refractivity contribution is -0.105. The lowest BCUT2D eigenvalue weighted by atomic mass is 10.2. The molecule has 0 aromatic heterocycles. The maximum atomic E-state index is 10.2. The van der Waals surface area contributed by atoms with Crippen LogP contribution in [0, 0.1) is 0 Å². The molecule has 0 saturated carbocycles. The van der Waals surface area contributed by atoms with Gasteiger partial charge in [-0.25, -0.2) is 0 Å². The van der Waals surface area contributed by atoms with Gasteiger partial charge < -0.3 is 10.1 Å². The van der Waals surface area contributed by atoms with Crippen LogP contribution in [0.4, 0.5) is 5.69 Å². The summed E-state index contributed by atoms with van der Waals surface area (Å²) in [7, 11) is 0. The molecule has 3 nitrogen and oxygen atoms in total. The summed E-state index contributed by atoms with van der Waals surface area (Å²) in [5, 5.41) is 2.58. The molecule has 2 rings (SSSR count). The van der Waals surface area contributed by atoms with Crippen molar-refractivity contribution in [3.63, 3.8) is 0 Å². The minimum Gasteiger partial charge on any atom is -0.493 e. The van der Waals surface area contributed by atoms with E-state index in [4.69, 9.17) is 4.74 Å². The van der Waals surface area contributed by atoms with Crippen LogP contribution >= 0.6 is 0 Å². The third kappa shape index (κ3) is 3.63. The molecule has 0 aliphatic heterocycles. The maximum Gasteiger partial charge on any atom is 0.211 e. The number of ether oxygens (including phenoxy) is 1. The zero-order valence-electron chi connectivity index (χ0n) is 10.0. The number of carbonyl (C=O) groups excluding carboxylic acids is 1. The molecular weight excluding hydrogens is 226 g/mol. The average Bonchev–Trinajstić information content (AvgIpc) is 2.42. The van der Waals surface area contributed by atoms with E-state index in [-0.39, 0.29) is 0 Å². The largest absolute Gasteiger partial charge is 0.493 e. The summed E-state index contributed by atoms with van der Waals surface area (Å²) in [6.45, 7) is 0.643. The summed E-state index contributed by atoms with van der Waals surface area (Å²) in [5.41, 5.74) is 2.03. The van der Waals surface area contributed by atoms with Crippen molar-refractivity contribution in [1.29, 1.82) is 0 Å². The van der Waals surface area contributed by atoms with Gasteiger partial charge in [0.15, 0.2) is 0 Å². The monoisotopic (exact) mass is 241 g/mol. The first-order valence-corrected chi connectivity index (χ1v) is 5.85. The highest BCUT2D eigenvalue weighted by molar-refractivity contribution is 5.71. The number of anilines is 1. The van der Waals surface area contributed by atoms with Crippen molar-refractivity contribution in [3.05, 3.63) is 60.2 Å². The van der Waals surface area contributed by atoms with Crippen molar-refractivity contribution in [1.82, 2.24) is 0 Å². The van der Waals surface area contributed by atoms with E-state index in [0.29, 0.717) is 13.0 Å². The normalized spacial score (nSPS) is 9.78. The zero-order chi connectivity index (χ0) is 12.6. The Morgan fingerprint density at radius 3 is 2.39 bits per heavy atom. The fourth-order valence-corrected chi connectivity index (χ4v) is 1.65. The van der Waals surface area contributed by atoms with E-state index in [1.54, 1.807) is 0 Å². The Bertz CT molecular complexity index is 480. The molecule has 0 unspecified atom stereocenters. The summed E-state index contributed by atoms with van der Waals surface area (Å²) in [6, 6.07) is 17.5. The molecule has 18 heavy (non-hydrogen) atoms. The molecule has 0 aliphatic rings. The highest BCUT2D eigenvalue weighted by Crippen LogP contribution is 2.15. The Morgan fingerprint density at radius 2 is 1.72 bits per heavy atom.